The van der Waals surface area contributed by atoms with E-state index in [1.807, 2.05) is 0 Å². The predicted octanol–water partition coefficient (Wildman–Crippen LogP) is 16.1. The van der Waals surface area contributed by atoms with Gasteiger partial charge < -0.3 is 15.5 Å². The van der Waals surface area contributed by atoms with Crippen LogP contribution in [0.4, 0.5) is 0 Å². The van der Waals surface area contributed by atoms with E-state index in [1.54, 1.807) is 0 Å². The van der Waals surface area contributed by atoms with E-state index in [2.05, 4.69) is 198 Å². The van der Waals surface area contributed by atoms with Gasteiger partial charge in [0.05, 0.1) is 12.3 Å². The Labute approximate surface area is 608 Å². The van der Waals surface area contributed by atoms with E-state index in [4.69, 9.17) is 0 Å². The molecule has 5 amide bonds. The van der Waals surface area contributed by atoms with E-state index in [9.17, 15) is 39.6 Å². The number of carbonyl (C=O) groups excluding carboxylic acids is 5. The summed E-state index contributed by atoms with van der Waals surface area (Å²) in [6.07, 6.45) is 34.1. The molecule has 0 saturated heterocycles. The summed E-state index contributed by atoms with van der Waals surface area (Å²) in [6, 6.07) is 67.7. The topological polar surface area (TPSA) is 183 Å². The Morgan fingerprint density at radius 1 is 0.277 bits per heavy atom. The van der Waals surface area contributed by atoms with Crippen LogP contribution in [0.2, 0.25) is 0 Å². The molecule has 14 nitrogen and oxygen atoms in total. The Hall–Kier alpha value is -6.63. The SMILES string of the molecule is CC(=O)N(O)CCCCCNC(=O)CCC(=O)N(O)CCCCCNC(=O)CCC(=O)N(O)CCCCCN(CCCCCCCCCCCC[P+](c1ccccc1)(c1ccccc1)c1ccccc1)CCCCCCCCCCCC[P+](c1ccccc1)(c1ccccc1)c1ccccc1. The molecule has 6 aromatic carbocycles. The summed E-state index contributed by atoms with van der Waals surface area (Å²) in [5, 5.41) is 46.7. The normalized spacial score (nSPS) is 11.6. The molecule has 0 spiro atoms. The summed E-state index contributed by atoms with van der Waals surface area (Å²) in [7, 11) is -3.54. The van der Waals surface area contributed by atoms with Crippen LogP contribution >= 0.6 is 14.5 Å². The van der Waals surface area contributed by atoms with Gasteiger partial charge in [0.25, 0.3) is 0 Å². The van der Waals surface area contributed by atoms with Gasteiger partial charge in [0, 0.05) is 65.3 Å². The molecule has 16 heteroatoms. The van der Waals surface area contributed by atoms with E-state index in [-0.39, 0.29) is 57.1 Å². The molecule has 0 fully saturated rings. The van der Waals surface area contributed by atoms with Gasteiger partial charge in [0.15, 0.2) is 0 Å². The maximum Gasteiger partial charge on any atom is 0.246 e. The van der Waals surface area contributed by atoms with E-state index >= 15 is 0 Å². The van der Waals surface area contributed by atoms with Crippen LogP contribution < -0.4 is 42.5 Å². The largest absolute Gasteiger partial charge is 0.356 e. The highest BCUT2D eigenvalue weighted by Gasteiger charge is 2.46. The van der Waals surface area contributed by atoms with E-state index < -0.39 is 32.2 Å². The number of carbonyl (C=O) groups is 5. The first-order chi connectivity index (χ1) is 49.4. The zero-order valence-electron chi connectivity index (χ0n) is 61.3. The number of hydroxylamine groups is 6. The number of benzene rings is 6. The molecule has 0 atom stereocenters. The van der Waals surface area contributed by atoms with Crippen LogP contribution in [0, 0.1) is 0 Å². The fourth-order valence-electron chi connectivity index (χ4n) is 13.9. The molecule has 0 unspecified atom stereocenters. The zero-order valence-corrected chi connectivity index (χ0v) is 63.1. The number of hydrogen-bond acceptors (Lipinski definition) is 9. The van der Waals surface area contributed by atoms with Crippen molar-refractivity contribution in [2.24, 2.45) is 0 Å². The summed E-state index contributed by atoms with van der Waals surface area (Å²) in [5.74, 6) is -1.98. The second-order valence-electron chi connectivity index (χ2n) is 27.6. The Bertz CT molecular complexity index is 2810. The van der Waals surface area contributed by atoms with Crippen molar-refractivity contribution in [3.63, 3.8) is 0 Å². The maximum absolute atomic E-state index is 12.8. The van der Waals surface area contributed by atoms with Crippen LogP contribution in [0.1, 0.15) is 219 Å². The molecule has 0 aliphatic carbocycles. The first-order valence-electron chi connectivity index (χ1n) is 38.7. The molecule has 550 valence electrons. The smallest absolute Gasteiger partial charge is 0.246 e. The van der Waals surface area contributed by atoms with Crippen LogP contribution in [0.3, 0.4) is 0 Å². The average molecular weight is 1420 g/mol. The monoisotopic (exact) mass is 1420 g/mol. The number of nitrogens with zero attached hydrogens (tertiary/aromatic N) is 4. The van der Waals surface area contributed by atoms with Crippen LogP contribution in [-0.2, 0) is 24.0 Å². The third kappa shape index (κ3) is 31.5. The third-order valence-corrected chi connectivity index (χ3v) is 28.8. The molecule has 0 radical (unpaired) electrons. The van der Waals surface area contributed by atoms with Crippen molar-refractivity contribution < 1.29 is 39.6 Å². The lowest BCUT2D eigenvalue weighted by Gasteiger charge is -2.27. The summed E-state index contributed by atoms with van der Waals surface area (Å²) in [4.78, 5) is 63.6. The Morgan fingerprint density at radius 3 is 0.762 bits per heavy atom. The summed E-state index contributed by atoms with van der Waals surface area (Å²) in [5.41, 5.74) is 0. The molecular weight excluding hydrogens is 1290 g/mol. The molecule has 0 aliphatic rings. The third-order valence-electron chi connectivity index (χ3n) is 19.8. The minimum atomic E-state index is -1.77. The van der Waals surface area contributed by atoms with Gasteiger partial charge in [-0.25, -0.2) is 15.2 Å². The van der Waals surface area contributed by atoms with E-state index in [1.165, 1.54) is 179 Å². The van der Waals surface area contributed by atoms with Crippen molar-refractivity contribution in [3.05, 3.63) is 182 Å². The Kier molecular flexibility index (Phi) is 41.8. The van der Waals surface area contributed by atoms with Gasteiger partial charge in [-0.05, 0) is 182 Å². The van der Waals surface area contributed by atoms with Crippen molar-refractivity contribution in [2.75, 3.05) is 64.7 Å². The van der Waals surface area contributed by atoms with Crippen LogP contribution in [-0.4, -0.2) is 130 Å². The van der Waals surface area contributed by atoms with Gasteiger partial charge in [-0.2, -0.15) is 0 Å². The van der Waals surface area contributed by atoms with Gasteiger partial charge in [0.2, 0.25) is 29.5 Å². The van der Waals surface area contributed by atoms with E-state index in [0.717, 1.165) is 37.5 Å². The second-order valence-corrected chi connectivity index (χ2v) is 34.8. The summed E-state index contributed by atoms with van der Waals surface area (Å²) >= 11 is 0. The standard InChI is InChI=1S/C85H122N6O8P2/c1-75(92)89(97)70-44-24-39-65-86-82(93)61-63-84(95)90(98)71-45-25-40-66-87-83(94)62-64-85(96)91(99)72-46-26-43-69-88(67-41-14-10-6-2-4-8-12-16-47-73-100(76-49-27-18-28-50-76,77-51-29-19-30-52-77)78-53-31-20-32-54-78)68-42-15-11-7-3-5-9-13-17-48-74-101(79-55-33-21-34-56-79,80-57-35-22-36-58-80)81-59-37-23-38-60-81/h18-23,27-38,49-60,97-99H,2-17,24-26,39-48,61-74H2,1H3/p+2. The number of hydrogen-bond donors (Lipinski definition) is 5. The quantitative estimate of drug-likeness (QED) is 0.0107. The lowest BCUT2D eigenvalue weighted by molar-refractivity contribution is -0.166. The van der Waals surface area contributed by atoms with Gasteiger partial charge in [0.1, 0.15) is 46.4 Å². The number of nitrogens with one attached hydrogen (secondary N) is 2. The molecule has 101 heavy (non-hydrogen) atoms. The Balaban J connectivity index is 0.835. The van der Waals surface area contributed by atoms with E-state index in [0.29, 0.717) is 68.2 Å². The predicted molar refractivity (Wildman–Crippen MR) is 421 cm³/mol. The first kappa shape index (κ1) is 83.3. The Morgan fingerprint density at radius 2 is 0.495 bits per heavy atom. The molecule has 0 saturated carbocycles. The minimum absolute atomic E-state index is 0.0208. The molecule has 0 bridgehead atoms. The van der Waals surface area contributed by atoms with Gasteiger partial charge in [-0.3, -0.25) is 39.6 Å². The highest BCUT2D eigenvalue weighted by Crippen LogP contribution is 2.57. The van der Waals surface area contributed by atoms with Crippen LogP contribution in [0.5, 0.6) is 0 Å². The molecule has 0 aromatic heterocycles. The number of amides is 5. The van der Waals surface area contributed by atoms with Crippen molar-refractivity contribution in [1.82, 2.24) is 30.7 Å². The highest BCUT2D eigenvalue weighted by atomic mass is 31.2. The van der Waals surface area contributed by atoms with Crippen molar-refractivity contribution in [1.29, 1.82) is 0 Å². The molecule has 0 heterocycles. The van der Waals surface area contributed by atoms with Crippen LogP contribution in [0.15, 0.2) is 182 Å². The molecule has 0 aliphatic heterocycles. The van der Waals surface area contributed by atoms with Crippen molar-refractivity contribution in [2.45, 2.75) is 219 Å². The summed E-state index contributed by atoms with van der Waals surface area (Å²) < 4.78 is 0. The number of rotatable bonds is 56. The molecule has 6 rings (SSSR count). The molecule has 5 N–H and O–H groups in total. The van der Waals surface area contributed by atoms with Gasteiger partial charge >= 0.3 is 0 Å². The second kappa shape index (κ2) is 50.7. The minimum Gasteiger partial charge on any atom is -0.356 e. The number of unbranched alkanes of at least 4 members (excludes halogenated alkanes) is 24. The maximum atomic E-state index is 12.8. The highest BCUT2D eigenvalue weighted by molar-refractivity contribution is 7.96. The zero-order chi connectivity index (χ0) is 71.7. The summed E-state index contributed by atoms with van der Waals surface area (Å²) in [6.45, 7) is 5.92. The molecule has 6 aromatic rings. The van der Waals surface area contributed by atoms with Gasteiger partial charge in [-0.1, -0.05) is 206 Å². The van der Waals surface area contributed by atoms with Crippen molar-refractivity contribution in [3.8, 4) is 0 Å². The lowest BCUT2D eigenvalue weighted by atomic mass is 10.1. The fourth-order valence-corrected chi connectivity index (χ4v) is 22.8. The van der Waals surface area contributed by atoms with Gasteiger partial charge in [-0.15, -0.1) is 0 Å². The average Bonchev–Trinajstić information content (AvgIpc) is 0.768. The van der Waals surface area contributed by atoms with Crippen LogP contribution in [0.25, 0.3) is 0 Å². The fraction of sp³-hybridized carbons (Fsp3) is 0.518. The van der Waals surface area contributed by atoms with Crippen molar-refractivity contribution >= 4 is 75.9 Å². The first-order valence-corrected chi connectivity index (χ1v) is 42.7. The molecular formula is C85H124N6O8P2+2. The lowest BCUT2D eigenvalue weighted by Crippen LogP contribution is -2.33.